The largest absolute Gasteiger partial charge is 0.353 e. The van der Waals surface area contributed by atoms with Crippen LogP contribution < -0.4 is 5.32 Å². The average molecular weight is 255 g/mol. The van der Waals surface area contributed by atoms with Gasteiger partial charge in [0.1, 0.15) is 0 Å². The van der Waals surface area contributed by atoms with Crippen LogP contribution in [0.25, 0.3) is 0 Å². The molecule has 0 aliphatic rings. The summed E-state index contributed by atoms with van der Waals surface area (Å²) in [7, 11) is 2.07. The Morgan fingerprint density at radius 3 is 2.88 bits per heavy atom. The first-order valence-corrected chi connectivity index (χ1v) is 6.50. The number of aromatic nitrogens is 1. The summed E-state index contributed by atoms with van der Waals surface area (Å²) in [4.78, 5) is 1.34. The highest BCUT2D eigenvalue weighted by Gasteiger charge is 1.99. The second-order valence-corrected chi connectivity index (χ2v) is 5.54. The summed E-state index contributed by atoms with van der Waals surface area (Å²) in [5.74, 6) is 0. The lowest BCUT2D eigenvalue weighted by molar-refractivity contribution is 0.655. The van der Waals surface area contributed by atoms with Crippen molar-refractivity contribution in [3.05, 3.63) is 45.4 Å². The van der Waals surface area contributed by atoms with Crippen LogP contribution in [0.3, 0.4) is 0 Å². The molecule has 16 heavy (non-hydrogen) atoms. The predicted molar refractivity (Wildman–Crippen MR) is 70.2 cm³/mol. The summed E-state index contributed by atoms with van der Waals surface area (Å²) in [6, 6.07) is 8.25. The van der Waals surface area contributed by atoms with E-state index in [1.807, 2.05) is 6.07 Å². The average Bonchev–Trinajstić information content (AvgIpc) is 2.83. The molecule has 1 N–H and O–H groups in total. The van der Waals surface area contributed by atoms with E-state index < -0.39 is 0 Å². The van der Waals surface area contributed by atoms with Crippen LogP contribution in [0.2, 0.25) is 4.34 Å². The molecule has 0 unspecified atom stereocenters. The molecule has 0 atom stereocenters. The van der Waals surface area contributed by atoms with Gasteiger partial charge in [0.15, 0.2) is 0 Å². The summed E-state index contributed by atoms with van der Waals surface area (Å²) in [5, 5.41) is 3.43. The molecule has 0 spiro atoms. The predicted octanol–water partition coefficient (Wildman–Crippen LogP) is 3.07. The summed E-state index contributed by atoms with van der Waals surface area (Å²) in [5.41, 5.74) is 1.31. The minimum atomic E-state index is 0.873. The Labute approximate surface area is 105 Å². The molecule has 0 amide bonds. The van der Waals surface area contributed by atoms with Crippen LogP contribution in [0.1, 0.15) is 10.6 Å². The van der Waals surface area contributed by atoms with Gasteiger partial charge in [-0.3, -0.25) is 0 Å². The van der Waals surface area contributed by atoms with Crippen molar-refractivity contribution >= 4 is 22.9 Å². The maximum atomic E-state index is 5.87. The van der Waals surface area contributed by atoms with E-state index in [9.17, 15) is 0 Å². The van der Waals surface area contributed by atoms with E-state index in [0.29, 0.717) is 0 Å². The van der Waals surface area contributed by atoms with Gasteiger partial charge in [-0.15, -0.1) is 11.3 Å². The van der Waals surface area contributed by atoms with Crippen molar-refractivity contribution in [3.8, 4) is 0 Å². The lowest BCUT2D eigenvalue weighted by Crippen LogP contribution is -2.17. The fourth-order valence-corrected chi connectivity index (χ4v) is 2.68. The van der Waals surface area contributed by atoms with Crippen molar-refractivity contribution in [1.82, 2.24) is 9.88 Å². The van der Waals surface area contributed by atoms with Crippen molar-refractivity contribution in [2.24, 2.45) is 7.05 Å². The van der Waals surface area contributed by atoms with Gasteiger partial charge in [-0.05, 0) is 30.7 Å². The molecule has 4 heteroatoms. The van der Waals surface area contributed by atoms with Crippen molar-refractivity contribution in [2.75, 3.05) is 6.54 Å². The summed E-state index contributed by atoms with van der Waals surface area (Å²) in [6.07, 6.45) is 3.11. The van der Waals surface area contributed by atoms with Crippen LogP contribution in [-0.4, -0.2) is 11.1 Å². The minimum absolute atomic E-state index is 0.873. The van der Waals surface area contributed by atoms with Crippen molar-refractivity contribution in [3.63, 3.8) is 0 Å². The third-order valence-corrected chi connectivity index (χ3v) is 3.83. The highest BCUT2D eigenvalue weighted by Crippen LogP contribution is 2.21. The van der Waals surface area contributed by atoms with E-state index in [0.717, 1.165) is 23.8 Å². The molecule has 0 bridgehead atoms. The number of nitrogens with zero attached hydrogens (tertiary/aromatic N) is 1. The molecule has 0 saturated heterocycles. The van der Waals surface area contributed by atoms with Gasteiger partial charge in [0, 0.05) is 36.9 Å². The van der Waals surface area contributed by atoms with Crippen molar-refractivity contribution < 1.29 is 0 Å². The Bertz CT molecular complexity index is 447. The molecule has 0 aromatic carbocycles. The highest BCUT2D eigenvalue weighted by molar-refractivity contribution is 7.16. The van der Waals surface area contributed by atoms with Crippen LogP contribution in [0, 0.1) is 0 Å². The van der Waals surface area contributed by atoms with E-state index in [1.54, 1.807) is 11.3 Å². The molecule has 2 aromatic heterocycles. The SMILES string of the molecule is Cn1cccc1CNCCc1ccc(Cl)s1. The van der Waals surface area contributed by atoms with E-state index in [2.05, 4.69) is 41.3 Å². The molecular weight excluding hydrogens is 240 g/mol. The number of thiophene rings is 1. The van der Waals surface area contributed by atoms with E-state index in [1.165, 1.54) is 10.6 Å². The first kappa shape index (κ1) is 11.7. The van der Waals surface area contributed by atoms with Crippen LogP contribution in [0.15, 0.2) is 30.5 Å². The molecule has 2 heterocycles. The molecule has 0 aliphatic heterocycles. The normalized spacial score (nSPS) is 10.9. The Morgan fingerprint density at radius 1 is 1.38 bits per heavy atom. The topological polar surface area (TPSA) is 17.0 Å². The van der Waals surface area contributed by atoms with Crippen LogP contribution >= 0.6 is 22.9 Å². The third-order valence-electron chi connectivity index (χ3n) is 2.53. The molecule has 2 nitrogen and oxygen atoms in total. The summed E-state index contributed by atoms with van der Waals surface area (Å²) < 4.78 is 3.01. The van der Waals surface area contributed by atoms with Crippen molar-refractivity contribution in [1.29, 1.82) is 0 Å². The minimum Gasteiger partial charge on any atom is -0.353 e. The fourth-order valence-electron chi connectivity index (χ4n) is 1.59. The standard InChI is InChI=1S/C12H15ClN2S/c1-15-8-2-3-10(15)9-14-7-6-11-4-5-12(13)16-11/h2-5,8,14H,6-7,9H2,1H3. The molecule has 2 aromatic rings. The van der Waals surface area contributed by atoms with Gasteiger partial charge in [0.2, 0.25) is 0 Å². The maximum absolute atomic E-state index is 5.87. The summed E-state index contributed by atoms with van der Waals surface area (Å²) in [6.45, 7) is 1.91. The van der Waals surface area contributed by atoms with Gasteiger partial charge >= 0.3 is 0 Å². The second-order valence-electron chi connectivity index (χ2n) is 3.74. The Morgan fingerprint density at radius 2 is 2.25 bits per heavy atom. The van der Waals surface area contributed by atoms with Gasteiger partial charge in [-0.2, -0.15) is 0 Å². The zero-order chi connectivity index (χ0) is 11.4. The molecule has 2 rings (SSSR count). The number of aryl methyl sites for hydroxylation is 1. The molecule has 0 radical (unpaired) electrons. The molecular formula is C12H15ClN2S. The zero-order valence-corrected chi connectivity index (χ0v) is 10.8. The van der Waals surface area contributed by atoms with E-state index in [-0.39, 0.29) is 0 Å². The number of rotatable bonds is 5. The first-order chi connectivity index (χ1) is 7.75. The number of hydrogen-bond donors (Lipinski definition) is 1. The highest BCUT2D eigenvalue weighted by atomic mass is 35.5. The summed E-state index contributed by atoms with van der Waals surface area (Å²) >= 11 is 7.53. The van der Waals surface area contributed by atoms with Crippen molar-refractivity contribution in [2.45, 2.75) is 13.0 Å². The Hall–Kier alpha value is -0.770. The molecule has 0 fully saturated rings. The van der Waals surface area contributed by atoms with E-state index >= 15 is 0 Å². The van der Waals surface area contributed by atoms with Gasteiger partial charge in [-0.1, -0.05) is 11.6 Å². The number of hydrogen-bond acceptors (Lipinski definition) is 2. The molecule has 0 aliphatic carbocycles. The lowest BCUT2D eigenvalue weighted by Gasteiger charge is -2.05. The molecule has 0 saturated carbocycles. The van der Waals surface area contributed by atoms with Crippen LogP contribution in [-0.2, 0) is 20.0 Å². The monoisotopic (exact) mass is 254 g/mol. The third kappa shape index (κ3) is 3.11. The fraction of sp³-hybridized carbons (Fsp3) is 0.333. The quantitative estimate of drug-likeness (QED) is 0.812. The second kappa shape index (κ2) is 5.53. The van der Waals surface area contributed by atoms with Crippen LogP contribution in [0.5, 0.6) is 0 Å². The van der Waals surface area contributed by atoms with Gasteiger partial charge in [0.05, 0.1) is 4.34 Å². The van der Waals surface area contributed by atoms with Crippen LogP contribution in [0.4, 0.5) is 0 Å². The van der Waals surface area contributed by atoms with Gasteiger partial charge < -0.3 is 9.88 Å². The Balaban J connectivity index is 1.71. The zero-order valence-electron chi connectivity index (χ0n) is 9.24. The lowest BCUT2D eigenvalue weighted by atomic mass is 10.3. The maximum Gasteiger partial charge on any atom is 0.0931 e. The Kier molecular flexibility index (Phi) is 4.04. The number of halogens is 1. The van der Waals surface area contributed by atoms with Gasteiger partial charge in [-0.25, -0.2) is 0 Å². The smallest absolute Gasteiger partial charge is 0.0931 e. The first-order valence-electron chi connectivity index (χ1n) is 5.31. The van der Waals surface area contributed by atoms with Gasteiger partial charge in [0.25, 0.3) is 0 Å². The number of nitrogens with one attached hydrogen (secondary N) is 1. The van der Waals surface area contributed by atoms with E-state index in [4.69, 9.17) is 11.6 Å². The molecule has 86 valence electrons.